The van der Waals surface area contributed by atoms with E-state index in [0.717, 1.165) is 16.9 Å². The van der Waals surface area contributed by atoms with Gasteiger partial charge in [0.2, 0.25) is 10.0 Å². The van der Waals surface area contributed by atoms with Crippen molar-refractivity contribution in [2.75, 3.05) is 6.54 Å². The van der Waals surface area contributed by atoms with E-state index in [9.17, 15) is 8.42 Å². The molecule has 0 fully saturated rings. The summed E-state index contributed by atoms with van der Waals surface area (Å²) in [5.41, 5.74) is 2.79. The van der Waals surface area contributed by atoms with Crippen molar-refractivity contribution in [3.05, 3.63) is 64.0 Å². The minimum absolute atomic E-state index is 0.0857. The summed E-state index contributed by atoms with van der Waals surface area (Å²) >= 11 is 11.7. The number of pyridine rings is 1. The smallest absolute Gasteiger partial charge is 0.240 e. The average molecular weight is 384 g/mol. The number of hydrogen-bond donors (Lipinski definition) is 1. The number of hydrogen-bond acceptors (Lipinski definition) is 3. The lowest BCUT2D eigenvalue weighted by atomic mass is 10.3. The van der Waals surface area contributed by atoms with E-state index >= 15 is 0 Å². The van der Waals surface area contributed by atoms with E-state index in [1.807, 2.05) is 35.9 Å². The second-order valence-electron chi connectivity index (χ2n) is 5.43. The maximum atomic E-state index is 12.3. The van der Waals surface area contributed by atoms with Crippen LogP contribution in [0, 0.1) is 6.92 Å². The fourth-order valence-electron chi connectivity index (χ4n) is 2.30. The predicted octanol–water partition coefficient (Wildman–Crippen LogP) is 3.47. The van der Waals surface area contributed by atoms with Gasteiger partial charge in [0.25, 0.3) is 0 Å². The van der Waals surface area contributed by atoms with Crippen LogP contribution in [0.5, 0.6) is 0 Å². The van der Waals surface area contributed by atoms with Crippen molar-refractivity contribution in [1.82, 2.24) is 14.1 Å². The van der Waals surface area contributed by atoms with Crippen molar-refractivity contribution in [2.45, 2.75) is 18.2 Å². The maximum Gasteiger partial charge on any atom is 0.240 e. The highest BCUT2D eigenvalue weighted by Crippen LogP contribution is 2.24. The molecule has 0 bridgehead atoms. The van der Waals surface area contributed by atoms with Crippen LogP contribution in [-0.2, 0) is 16.4 Å². The van der Waals surface area contributed by atoms with E-state index in [0.29, 0.717) is 11.4 Å². The zero-order valence-electron chi connectivity index (χ0n) is 12.8. The zero-order valence-corrected chi connectivity index (χ0v) is 15.2. The number of rotatable bonds is 5. The largest absolute Gasteiger partial charge is 0.307 e. The van der Waals surface area contributed by atoms with Gasteiger partial charge in [-0.3, -0.25) is 0 Å². The Hall–Kier alpha value is -1.60. The first-order chi connectivity index (χ1) is 11.3. The fraction of sp³-hybridized carbons (Fsp3) is 0.188. The highest BCUT2D eigenvalue weighted by molar-refractivity contribution is 7.89. The van der Waals surface area contributed by atoms with Crippen LogP contribution in [0.4, 0.5) is 0 Å². The lowest BCUT2D eigenvalue weighted by molar-refractivity contribution is 0.581. The number of nitrogens with one attached hydrogen (secondary N) is 1. The lowest BCUT2D eigenvalue weighted by Gasteiger charge is -2.06. The van der Waals surface area contributed by atoms with Crippen LogP contribution in [0.15, 0.2) is 47.6 Å². The molecule has 0 amide bonds. The van der Waals surface area contributed by atoms with Gasteiger partial charge >= 0.3 is 0 Å². The summed E-state index contributed by atoms with van der Waals surface area (Å²) in [6.45, 7) is 2.24. The van der Waals surface area contributed by atoms with E-state index in [1.165, 1.54) is 18.2 Å². The van der Waals surface area contributed by atoms with Gasteiger partial charge in [0.15, 0.2) is 0 Å². The molecule has 1 N–H and O–H groups in total. The van der Waals surface area contributed by atoms with Gasteiger partial charge < -0.3 is 4.40 Å². The molecule has 8 heteroatoms. The lowest BCUT2D eigenvalue weighted by Crippen LogP contribution is -2.26. The van der Waals surface area contributed by atoms with E-state index < -0.39 is 10.0 Å². The topological polar surface area (TPSA) is 63.5 Å². The van der Waals surface area contributed by atoms with Crippen molar-refractivity contribution in [1.29, 1.82) is 0 Å². The molecule has 0 unspecified atom stereocenters. The molecule has 126 valence electrons. The van der Waals surface area contributed by atoms with E-state index in [2.05, 4.69) is 9.71 Å². The Labute approximate surface area is 150 Å². The first-order valence-electron chi connectivity index (χ1n) is 7.24. The van der Waals surface area contributed by atoms with Gasteiger partial charge in [-0.1, -0.05) is 23.2 Å². The Bertz CT molecular complexity index is 1000. The van der Waals surface area contributed by atoms with Gasteiger partial charge in [0.1, 0.15) is 5.65 Å². The number of benzene rings is 1. The molecule has 0 atom stereocenters. The van der Waals surface area contributed by atoms with Crippen LogP contribution >= 0.6 is 23.2 Å². The van der Waals surface area contributed by atoms with Gasteiger partial charge in [-0.2, -0.15) is 0 Å². The predicted molar refractivity (Wildman–Crippen MR) is 95.3 cm³/mol. The van der Waals surface area contributed by atoms with Crippen LogP contribution in [-0.4, -0.2) is 24.3 Å². The molecule has 0 aliphatic carbocycles. The Morgan fingerprint density at radius 2 is 1.96 bits per heavy atom. The fourth-order valence-corrected chi connectivity index (χ4v) is 3.72. The number of aromatic nitrogens is 2. The Balaban J connectivity index is 1.68. The van der Waals surface area contributed by atoms with Crippen LogP contribution in [0.1, 0.15) is 11.3 Å². The van der Waals surface area contributed by atoms with Gasteiger partial charge in [-0.05, 0) is 42.8 Å². The summed E-state index contributed by atoms with van der Waals surface area (Å²) in [7, 11) is -3.63. The molecule has 2 heterocycles. The van der Waals surface area contributed by atoms with Crippen molar-refractivity contribution in [3.8, 4) is 0 Å². The molecule has 0 radical (unpaired) electrons. The first kappa shape index (κ1) is 17.2. The monoisotopic (exact) mass is 383 g/mol. The molecule has 24 heavy (non-hydrogen) atoms. The van der Waals surface area contributed by atoms with Crippen LogP contribution in [0.25, 0.3) is 5.65 Å². The third-order valence-corrected chi connectivity index (χ3v) is 5.74. The number of aryl methyl sites for hydroxylation is 1. The SMILES string of the molecule is Cc1ccn2cc(CCNS(=O)(=O)c3ccc(Cl)c(Cl)c3)nc2c1. The minimum Gasteiger partial charge on any atom is -0.307 e. The zero-order chi connectivity index (χ0) is 17.3. The molecule has 2 aromatic heterocycles. The molecular formula is C16H15Cl2N3O2S. The molecule has 3 rings (SSSR count). The first-order valence-corrected chi connectivity index (χ1v) is 9.48. The van der Waals surface area contributed by atoms with E-state index in [-0.39, 0.29) is 16.5 Å². The van der Waals surface area contributed by atoms with Gasteiger partial charge in [-0.25, -0.2) is 18.1 Å². The molecule has 0 aliphatic heterocycles. The number of imidazole rings is 1. The van der Waals surface area contributed by atoms with Crippen LogP contribution < -0.4 is 4.72 Å². The van der Waals surface area contributed by atoms with Crippen molar-refractivity contribution >= 4 is 38.9 Å². The average Bonchev–Trinajstić information content (AvgIpc) is 2.91. The number of sulfonamides is 1. The summed E-state index contributed by atoms with van der Waals surface area (Å²) < 4.78 is 29.0. The Morgan fingerprint density at radius 3 is 2.71 bits per heavy atom. The van der Waals surface area contributed by atoms with Crippen molar-refractivity contribution in [3.63, 3.8) is 0 Å². The van der Waals surface area contributed by atoms with Gasteiger partial charge in [-0.15, -0.1) is 0 Å². The third-order valence-electron chi connectivity index (χ3n) is 3.54. The highest BCUT2D eigenvalue weighted by Gasteiger charge is 2.15. The summed E-state index contributed by atoms with van der Waals surface area (Å²) in [6, 6.07) is 8.18. The van der Waals surface area contributed by atoms with Crippen LogP contribution in [0.2, 0.25) is 10.0 Å². The molecular weight excluding hydrogens is 369 g/mol. The molecule has 5 nitrogen and oxygen atoms in total. The van der Waals surface area contributed by atoms with Crippen LogP contribution in [0.3, 0.4) is 0 Å². The molecule has 0 saturated heterocycles. The Kier molecular flexibility index (Phi) is 4.83. The van der Waals surface area contributed by atoms with Gasteiger partial charge in [0.05, 0.1) is 20.6 Å². The standard InChI is InChI=1S/C16H15Cl2N3O2S/c1-11-5-7-21-10-12(20-16(21)8-11)4-6-19-24(22,23)13-2-3-14(17)15(18)9-13/h2-3,5,7-10,19H,4,6H2,1H3. The van der Waals surface area contributed by atoms with E-state index in [4.69, 9.17) is 23.2 Å². The molecule has 0 spiro atoms. The molecule has 0 saturated carbocycles. The van der Waals surface area contributed by atoms with Gasteiger partial charge in [0, 0.05) is 25.4 Å². The van der Waals surface area contributed by atoms with Crippen molar-refractivity contribution in [2.24, 2.45) is 0 Å². The number of nitrogens with zero attached hydrogens (tertiary/aromatic N) is 2. The summed E-state index contributed by atoms with van der Waals surface area (Å²) in [6.07, 6.45) is 4.31. The van der Waals surface area contributed by atoms with Crippen molar-refractivity contribution < 1.29 is 8.42 Å². The second-order valence-corrected chi connectivity index (χ2v) is 8.01. The number of halogens is 2. The normalized spacial score (nSPS) is 12.0. The molecule has 3 aromatic rings. The summed E-state index contributed by atoms with van der Waals surface area (Å²) in [5, 5.41) is 0.519. The third kappa shape index (κ3) is 3.72. The Morgan fingerprint density at radius 1 is 1.17 bits per heavy atom. The highest BCUT2D eigenvalue weighted by atomic mass is 35.5. The minimum atomic E-state index is -3.63. The molecule has 1 aromatic carbocycles. The summed E-state index contributed by atoms with van der Waals surface area (Å²) in [5.74, 6) is 0. The van der Waals surface area contributed by atoms with E-state index in [1.54, 1.807) is 0 Å². The molecule has 0 aliphatic rings. The maximum absolute atomic E-state index is 12.3. The second kappa shape index (κ2) is 6.72. The quantitative estimate of drug-likeness (QED) is 0.733. The number of fused-ring (bicyclic) bond motifs is 1. The summed E-state index contributed by atoms with van der Waals surface area (Å²) in [4.78, 5) is 4.57.